The molecule has 4 nitrogen and oxygen atoms in total. The van der Waals surface area contributed by atoms with Crippen LogP contribution >= 0.6 is 15.9 Å². The van der Waals surface area contributed by atoms with Gasteiger partial charge in [-0.3, -0.25) is 4.79 Å². The van der Waals surface area contributed by atoms with Crippen molar-refractivity contribution in [2.45, 2.75) is 31.7 Å². The molecule has 0 bridgehead atoms. The predicted octanol–water partition coefficient (Wildman–Crippen LogP) is 2.88. The molecular formula is C14H18BrNO3. The van der Waals surface area contributed by atoms with Crippen LogP contribution < -0.4 is 0 Å². The van der Waals surface area contributed by atoms with E-state index < -0.39 is 0 Å². The molecule has 5 heteroatoms. The maximum absolute atomic E-state index is 12.5. The van der Waals surface area contributed by atoms with Crippen LogP contribution in [0.3, 0.4) is 0 Å². The van der Waals surface area contributed by atoms with E-state index in [0.29, 0.717) is 11.6 Å². The van der Waals surface area contributed by atoms with Crippen molar-refractivity contribution in [3.05, 3.63) is 23.8 Å². The molecule has 0 unspecified atom stereocenters. The van der Waals surface area contributed by atoms with Crippen LogP contribution in [0.15, 0.2) is 18.2 Å². The van der Waals surface area contributed by atoms with E-state index in [0.717, 1.165) is 31.1 Å². The number of amides is 1. The molecule has 1 amide bonds. The van der Waals surface area contributed by atoms with E-state index in [1.165, 1.54) is 18.6 Å². The minimum absolute atomic E-state index is 0.0686. The average molecular weight is 328 g/mol. The first-order valence-corrected chi connectivity index (χ1v) is 7.64. The molecule has 1 aliphatic carbocycles. The first-order chi connectivity index (χ1) is 9.13. The molecule has 2 N–H and O–H groups in total. The molecule has 1 aromatic rings. The van der Waals surface area contributed by atoms with Crippen LogP contribution in [0.1, 0.15) is 36.0 Å². The highest BCUT2D eigenvalue weighted by molar-refractivity contribution is 9.09. The lowest BCUT2D eigenvalue weighted by atomic mass is 9.90. The summed E-state index contributed by atoms with van der Waals surface area (Å²) in [5, 5.41) is 19.6. The minimum Gasteiger partial charge on any atom is -0.504 e. The number of hydrogen-bond donors (Lipinski definition) is 2. The largest absolute Gasteiger partial charge is 0.504 e. The Balaban J connectivity index is 2.15. The fourth-order valence-electron chi connectivity index (χ4n) is 2.20. The molecule has 1 fully saturated rings. The van der Waals surface area contributed by atoms with Crippen LogP contribution in [-0.2, 0) is 0 Å². The van der Waals surface area contributed by atoms with Crippen LogP contribution in [0.25, 0.3) is 0 Å². The fraction of sp³-hybridized carbons (Fsp3) is 0.500. The normalized spacial score (nSPS) is 15.0. The van der Waals surface area contributed by atoms with Gasteiger partial charge in [-0.1, -0.05) is 15.9 Å². The standard InChI is InChI=1S/C14H18BrNO3/c15-7-2-8-16(11-3-1-4-11)14(19)10-5-6-12(17)13(18)9-10/h5-6,9,11,17-18H,1-4,7-8H2. The molecule has 0 aliphatic heterocycles. The summed E-state index contributed by atoms with van der Waals surface area (Å²) in [6.45, 7) is 0.719. The first-order valence-electron chi connectivity index (χ1n) is 6.52. The van der Waals surface area contributed by atoms with Gasteiger partial charge >= 0.3 is 0 Å². The van der Waals surface area contributed by atoms with Gasteiger partial charge in [-0.25, -0.2) is 0 Å². The SMILES string of the molecule is O=C(c1ccc(O)c(O)c1)N(CCCBr)C1CCC1. The Morgan fingerprint density at radius 2 is 2.05 bits per heavy atom. The molecule has 0 saturated heterocycles. The monoisotopic (exact) mass is 327 g/mol. The lowest BCUT2D eigenvalue weighted by Crippen LogP contribution is -2.44. The Morgan fingerprint density at radius 1 is 1.32 bits per heavy atom. The molecule has 0 spiro atoms. The van der Waals surface area contributed by atoms with Gasteiger partial charge < -0.3 is 15.1 Å². The number of benzene rings is 1. The number of halogens is 1. The second-order valence-corrected chi connectivity index (χ2v) is 5.62. The zero-order valence-corrected chi connectivity index (χ0v) is 12.3. The van der Waals surface area contributed by atoms with Gasteiger partial charge in [-0.2, -0.15) is 0 Å². The third kappa shape index (κ3) is 3.21. The van der Waals surface area contributed by atoms with Gasteiger partial charge in [0, 0.05) is 23.5 Å². The fourth-order valence-corrected chi connectivity index (χ4v) is 2.45. The van der Waals surface area contributed by atoms with Gasteiger partial charge in [0.15, 0.2) is 11.5 Å². The molecule has 19 heavy (non-hydrogen) atoms. The first kappa shape index (κ1) is 14.2. The van der Waals surface area contributed by atoms with Gasteiger partial charge in [0.25, 0.3) is 5.91 Å². The maximum Gasteiger partial charge on any atom is 0.254 e. The van der Waals surface area contributed by atoms with Crippen LogP contribution in [0.2, 0.25) is 0 Å². The molecule has 1 saturated carbocycles. The number of hydrogen-bond acceptors (Lipinski definition) is 3. The summed E-state index contributed by atoms with van der Waals surface area (Å²) in [6.07, 6.45) is 4.19. The molecule has 0 aromatic heterocycles. The number of carbonyl (C=O) groups excluding carboxylic acids is 1. The summed E-state index contributed by atoms with van der Waals surface area (Å²) in [7, 11) is 0. The smallest absolute Gasteiger partial charge is 0.254 e. The second-order valence-electron chi connectivity index (χ2n) is 4.83. The Hall–Kier alpha value is -1.23. The molecular weight excluding hydrogens is 310 g/mol. The second kappa shape index (κ2) is 6.28. The third-order valence-electron chi connectivity index (χ3n) is 3.53. The van der Waals surface area contributed by atoms with Crippen LogP contribution in [0.4, 0.5) is 0 Å². The highest BCUT2D eigenvalue weighted by atomic mass is 79.9. The zero-order valence-electron chi connectivity index (χ0n) is 10.7. The van der Waals surface area contributed by atoms with Crippen molar-refractivity contribution in [1.82, 2.24) is 4.90 Å². The van der Waals surface area contributed by atoms with E-state index >= 15 is 0 Å². The Morgan fingerprint density at radius 3 is 2.58 bits per heavy atom. The number of phenolic OH excluding ortho intramolecular Hbond substituents is 2. The van der Waals surface area contributed by atoms with Crippen LogP contribution in [0, 0.1) is 0 Å². The molecule has 1 aliphatic rings. The number of nitrogens with zero attached hydrogens (tertiary/aromatic N) is 1. The van der Waals surface area contributed by atoms with Crippen molar-refractivity contribution in [2.24, 2.45) is 0 Å². The Kier molecular flexibility index (Phi) is 4.69. The van der Waals surface area contributed by atoms with Gasteiger partial charge in [-0.05, 0) is 43.9 Å². The van der Waals surface area contributed by atoms with Crippen LogP contribution in [0.5, 0.6) is 11.5 Å². The summed E-state index contributed by atoms with van der Waals surface area (Å²) in [5.41, 5.74) is 0.428. The summed E-state index contributed by atoms with van der Waals surface area (Å²) in [6, 6.07) is 4.56. The zero-order chi connectivity index (χ0) is 13.8. The third-order valence-corrected chi connectivity index (χ3v) is 4.09. The number of rotatable bonds is 5. The highest BCUT2D eigenvalue weighted by Crippen LogP contribution is 2.29. The minimum atomic E-state index is -0.250. The molecule has 104 valence electrons. The van der Waals surface area contributed by atoms with E-state index in [-0.39, 0.29) is 17.4 Å². The van der Waals surface area contributed by atoms with Crippen molar-refractivity contribution in [1.29, 1.82) is 0 Å². The summed E-state index contributed by atoms with van der Waals surface area (Å²) < 4.78 is 0. The quantitative estimate of drug-likeness (QED) is 0.645. The van der Waals surface area contributed by atoms with E-state index in [1.54, 1.807) is 6.07 Å². The van der Waals surface area contributed by atoms with Crippen molar-refractivity contribution in [2.75, 3.05) is 11.9 Å². The van der Waals surface area contributed by atoms with Crippen molar-refractivity contribution >= 4 is 21.8 Å². The molecule has 0 radical (unpaired) electrons. The van der Waals surface area contributed by atoms with Gasteiger partial charge in [0.1, 0.15) is 0 Å². The lowest BCUT2D eigenvalue weighted by Gasteiger charge is -2.37. The predicted molar refractivity (Wildman–Crippen MR) is 76.9 cm³/mol. The Labute approximate surface area is 121 Å². The van der Waals surface area contributed by atoms with Gasteiger partial charge in [0.2, 0.25) is 0 Å². The number of carbonyl (C=O) groups is 1. The molecule has 0 heterocycles. The summed E-state index contributed by atoms with van der Waals surface area (Å²) in [4.78, 5) is 14.4. The topological polar surface area (TPSA) is 60.8 Å². The maximum atomic E-state index is 12.5. The van der Waals surface area contributed by atoms with E-state index in [1.807, 2.05) is 4.90 Å². The van der Waals surface area contributed by atoms with E-state index in [9.17, 15) is 15.0 Å². The van der Waals surface area contributed by atoms with Gasteiger partial charge in [0.05, 0.1) is 0 Å². The summed E-state index contributed by atoms with van der Waals surface area (Å²) in [5.74, 6) is -0.520. The number of aromatic hydroxyl groups is 2. The van der Waals surface area contributed by atoms with E-state index in [4.69, 9.17) is 0 Å². The summed E-state index contributed by atoms with van der Waals surface area (Å²) >= 11 is 3.38. The molecule has 2 rings (SSSR count). The molecule has 0 atom stereocenters. The van der Waals surface area contributed by atoms with Gasteiger partial charge in [-0.15, -0.1) is 0 Å². The average Bonchev–Trinajstić information content (AvgIpc) is 2.34. The Bertz CT molecular complexity index is 460. The number of phenols is 2. The van der Waals surface area contributed by atoms with Crippen molar-refractivity contribution in [3.63, 3.8) is 0 Å². The van der Waals surface area contributed by atoms with Crippen LogP contribution in [-0.4, -0.2) is 38.9 Å². The number of alkyl halides is 1. The van der Waals surface area contributed by atoms with E-state index in [2.05, 4.69) is 15.9 Å². The molecule has 1 aromatic carbocycles. The van der Waals surface area contributed by atoms with Crippen molar-refractivity contribution < 1.29 is 15.0 Å². The highest BCUT2D eigenvalue weighted by Gasteiger charge is 2.29. The lowest BCUT2D eigenvalue weighted by molar-refractivity contribution is 0.0581. The van der Waals surface area contributed by atoms with Crippen molar-refractivity contribution in [3.8, 4) is 11.5 Å².